The Kier molecular flexibility index (Phi) is 4.37. The lowest BCUT2D eigenvalue weighted by molar-refractivity contribution is 0.562. The largest absolute Gasteiger partial charge is 0.236 e. The first-order valence-electron chi connectivity index (χ1n) is 3.91. The predicted octanol–water partition coefficient (Wildman–Crippen LogP) is 2.78. The molecule has 1 aromatic rings. The molecular formula is C8H10FIN2S. The van der Waals surface area contributed by atoms with Crippen LogP contribution in [-0.4, -0.2) is 15.7 Å². The quantitative estimate of drug-likeness (QED) is 0.634. The third kappa shape index (κ3) is 3.05. The molecule has 0 aromatic carbocycles. The third-order valence-corrected chi connectivity index (χ3v) is 3.55. The Labute approximate surface area is 94.9 Å². The van der Waals surface area contributed by atoms with Crippen molar-refractivity contribution in [2.45, 2.75) is 19.6 Å². The van der Waals surface area contributed by atoms with Crippen LogP contribution in [0.1, 0.15) is 18.4 Å². The van der Waals surface area contributed by atoms with Gasteiger partial charge in [0, 0.05) is 0 Å². The van der Waals surface area contributed by atoms with Gasteiger partial charge in [0.15, 0.2) is 0 Å². The molecule has 0 saturated heterocycles. The van der Waals surface area contributed by atoms with E-state index >= 15 is 0 Å². The summed E-state index contributed by atoms with van der Waals surface area (Å²) in [4.78, 5) is 7.96. The Hall–Kier alpha value is 0.0900. The average Bonchev–Trinajstić information content (AvgIpc) is 2.10. The van der Waals surface area contributed by atoms with Crippen molar-refractivity contribution in [3.8, 4) is 0 Å². The van der Waals surface area contributed by atoms with Crippen LogP contribution < -0.4 is 0 Å². The first-order chi connectivity index (χ1) is 6.15. The molecule has 0 aliphatic rings. The summed E-state index contributed by atoms with van der Waals surface area (Å²) in [5.41, 5.74) is 0.722. The van der Waals surface area contributed by atoms with Gasteiger partial charge in [0.05, 0.1) is 15.0 Å². The monoisotopic (exact) mass is 312 g/mol. The molecule has 0 aliphatic heterocycles. The minimum atomic E-state index is -0.403. The number of aryl methyl sites for hydroxylation is 1. The molecule has 2 nitrogen and oxygen atoms in total. The highest BCUT2D eigenvalue weighted by molar-refractivity contribution is 14.1. The zero-order valence-electron chi connectivity index (χ0n) is 7.47. The van der Waals surface area contributed by atoms with E-state index in [1.807, 2.05) is 22.6 Å². The van der Waals surface area contributed by atoms with Crippen molar-refractivity contribution in [3.63, 3.8) is 0 Å². The maximum absolute atomic E-state index is 13.1. The highest BCUT2D eigenvalue weighted by Gasteiger charge is 2.07. The zero-order valence-corrected chi connectivity index (χ0v) is 10.4. The van der Waals surface area contributed by atoms with Crippen molar-refractivity contribution in [2.24, 2.45) is 0 Å². The van der Waals surface area contributed by atoms with E-state index < -0.39 is 5.95 Å². The summed E-state index contributed by atoms with van der Waals surface area (Å²) in [7, 11) is 0. The molecule has 0 N–H and O–H groups in total. The van der Waals surface area contributed by atoms with Crippen molar-refractivity contribution < 1.29 is 4.39 Å². The average molecular weight is 312 g/mol. The molecule has 0 fully saturated rings. The number of thioether (sulfide) groups is 1. The van der Waals surface area contributed by atoms with E-state index in [1.165, 1.54) is 0 Å². The maximum Gasteiger partial charge on any atom is 0.229 e. The molecule has 1 rings (SSSR count). The van der Waals surface area contributed by atoms with Gasteiger partial charge in [-0.25, -0.2) is 9.97 Å². The van der Waals surface area contributed by atoms with Crippen LogP contribution in [0.25, 0.3) is 0 Å². The Morgan fingerprint density at radius 2 is 2.15 bits per heavy atom. The van der Waals surface area contributed by atoms with Crippen LogP contribution in [0.4, 0.5) is 4.39 Å². The van der Waals surface area contributed by atoms with Gasteiger partial charge in [0.25, 0.3) is 0 Å². The fourth-order valence-corrected chi connectivity index (χ4v) is 1.59. The first kappa shape index (κ1) is 11.2. The van der Waals surface area contributed by atoms with Crippen LogP contribution >= 0.6 is 34.4 Å². The molecule has 1 aromatic heterocycles. The molecule has 0 radical (unpaired) electrons. The third-order valence-electron chi connectivity index (χ3n) is 1.46. The second-order valence-corrected chi connectivity index (χ2v) is 4.82. The van der Waals surface area contributed by atoms with Gasteiger partial charge in [-0.15, -0.1) is 0 Å². The number of nitrogens with zero attached hydrogens (tertiary/aromatic N) is 2. The van der Waals surface area contributed by atoms with Crippen LogP contribution in [0.3, 0.4) is 0 Å². The Morgan fingerprint density at radius 3 is 2.69 bits per heavy atom. The molecular weight excluding hydrogens is 302 g/mol. The van der Waals surface area contributed by atoms with Crippen LogP contribution in [0.2, 0.25) is 0 Å². The van der Waals surface area contributed by atoms with Gasteiger partial charge >= 0.3 is 0 Å². The summed E-state index contributed by atoms with van der Waals surface area (Å²) < 4.78 is 13.6. The molecule has 0 atom stereocenters. The van der Waals surface area contributed by atoms with E-state index in [1.54, 1.807) is 18.7 Å². The number of aromatic nitrogens is 2. The molecule has 72 valence electrons. The van der Waals surface area contributed by atoms with Gasteiger partial charge in [-0.2, -0.15) is 16.2 Å². The second kappa shape index (κ2) is 5.09. The Morgan fingerprint density at radius 1 is 1.46 bits per heavy atom. The lowest BCUT2D eigenvalue weighted by Crippen LogP contribution is -2.02. The summed E-state index contributed by atoms with van der Waals surface area (Å²) in [6.07, 6.45) is 0. The summed E-state index contributed by atoms with van der Waals surface area (Å²) in [6, 6.07) is 0. The van der Waals surface area contributed by atoms with E-state index in [0.29, 0.717) is 15.1 Å². The molecule has 5 heteroatoms. The van der Waals surface area contributed by atoms with E-state index in [9.17, 15) is 4.39 Å². The van der Waals surface area contributed by atoms with E-state index in [0.717, 1.165) is 11.4 Å². The van der Waals surface area contributed by atoms with Crippen LogP contribution in [-0.2, 0) is 5.75 Å². The van der Waals surface area contributed by atoms with Gasteiger partial charge in [0.1, 0.15) is 5.82 Å². The fraction of sp³-hybridized carbons (Fsp3) is 0.500. The Balaban J connectivity index is 2.86. The first-order valence-corrected chi connectivity index (χ1v) is 6.14. The summed E-state index contributed by atoms with van der Waals surface area (Å²) in [5.74, 6) is 1.86. The highest BCUT2D eigenvalue weighted by Crippen LogP contribution is 2.14. The number of hydrogen-bond acceptors (Lipinski definition) is 3. The van der Waals surface area contributed by atoms with Crippen molar-refractivity contribution >= 4 is 34.4 Å². The smallest absolute Gasteiger partial charge is 0.229 e. The van der Waals surface area contributed by atoms with Gasteiger partial charge < -0.3 is 0 Å². The topological polar surface area (TPSA) is 25.8 Å². The molecule has 0 saturated carbocycles. The lowest BCUT2D eigenvalue weighted by atomic mass is 10.4. The van der Waals surface area contributed by atoms with Gasteiger partial charge in [0.2, 0.25) is 5.95 Å². The zero-order chi connectivity index (χ0) is 9.84. The molecule has 0 unspecified atom stereocenters. The van der Waals surface area contributed by atoms with Crippen molar-refractivity contribution in [3.05, 3.63) is 21.0 Å². The van der Waals surface area contributed by atoms with Crippen LogP contribution in [0.15, 0.2) is 0 Å². The molecule has 13 heavy (non-hydrogen) atoms. The van der Waals surface area contributed by atoms with Crippen molar-refractivity contribution in [2.75, 3.05) is 5.75 Å². The van der Waals surface area contributed by atoms with Gasteiger partial charge in [-0.05, 0) is 35.3 Å². The van der Waals surface area contributed by atoms with Gasteiger partial charge in [-0.1, -0.05) is 6.92 Å². The predicted molar refractivity (Wildman–Crippen MR) is 61.3 cm³/mol. The SMILES string of the molecule is CCSCc1nc(C)c(I)c(F)n1. The van der Waals surface area contributed by atoms with Crippen LogP contribution in [0.5, 0.6) is 0 Å². The highest BCUT2D eigenvalue weighted by atomic mass is 127. The summed E-state index contributed by atoms with van der Waals surface area (Å²) in [6.45, 7) is 3.85. The van der Waals surface area contributed by atoms with Crippen molar-refractivity contribution in [1.82, 2.24) is 9.97 Å². The standard InChI is InChI=1S/C8H10FIN2S/c1-3-13-4-6-11-5(2)7(10)8(9)12-6/h3-4H2,1-2H3. The molecule has 0 amide bonds. The molecule has 0 aliphatic carbocycles. The molecule has 0 spiro atoms. The Bertz CT molecular complexity index is 283. The fourth-order valence-electron chi connectivity index (χ4n) is 0.837. The van der Waals surface area contributed by atoms with Gasteiger partial charge in [-0.3, -0.25) is 0 Å². The number of hydrogen-bond donors (Lipinski definition) is 0. The summed E-state index contributed by atoms with van der Waals surface area (Å²) in [5, 5.41) is 0. The van der Waals surface area contributed by atoms with E-state index in [-0.39, 0.29) is 0 Å². The maximum atomic E-state index is 13.1. The molecule has 0 bridgehead atoms. The van der Waals surface area contributed by atoms with E-state index in [2.05, 4.69) is 16.9 Å². The normalized spacial score (nSPS) is 10.5. The second-order valence-electron chi connectivity index (χ2n) is 2.47. The van der Waals surface area contributed by atoms with Crippen molar-refractivity contribution in [1.29, 1.82) is 0 Å². The van der Waals surface area contributed by atoms with E-state index in [4.69, 9.17) is 0 Å². The number of halogens is 2. The minimum absolute atomic E-state index is 0.403. The minimum Gasteiger partial charge on any atom is -0.236 e. The summed E-state index contributed by atoms with van der Waals surface area (Å²) >= 11 is 3.61. The molecule has 1 heterocycles. The lowest BCUT2D eigenvalue weighted by Gasteiger charge is -2.02. The van der Waals surface area contributed by atoms with Crippen LogP contribution in [0, 0.1) is 16.4 Å². The number of rotatable bonds is 3.